The monoisotopic (exact) mass is 348 g/mol. The Labute approximate surface area is 157 Å². The maximum Gasteiger partial charge on any atom is 0.124 e. The molecule has 1 aliphatic rings. The van der Waals surface area contributed by atoms with Crippen LogP contribution in [0.3, 0.4) is 0 Å². The molecule has 0 saturated carbocycles. The van der Waals surface area contributed by atoms with Crippen LogP contribution in [0, 0.1) is 0 Å². The summed E-state index contributed by atoms with van der Waals surface area (Å²) in [6.07, 6.45) is 6.27. The number of hydrogen-bond donors (Lipinski definition) is 0. The average molecular weight is 348 g/mol. The summed E-state index contributed by atoms with van der Waals surface area (Å²) in [5.74, 6) is 0.973. The SMILES string of the molecule is C=CCOc1ccccc1CN1CCN(CC=Cc2ccccc2)CC1. The summed E-state index contributed by atoms with van der Waals surface area (Å²) in [5, 5.41) is 0. The average Bonchev–Trinajstić information content (AvgIpc) is 2.69. The topological polar surface area (TPSA) is 15.7 Å². The molecule has 0 spiro atoms. The van der Waals surface area contributed by atoms with Gasteiger partial charge in [0.1, 0.15) is 12.4 Å². The van der Waals surface area contributed by atoms with Gasteiger partial charge in [-0.05, 0) is 11.6 Å². The lowest BCUT2D eigenvalue weighted by atomic mass is 10.1. The molecular formula is C23H28N2O. The first kappa shape index (κ1) is 18.4. The van der Waals surface area contributed by atoms with Crippen LogP contribution < -0.4 is 4.74 Å². The van der Waals surface area contributed by atoms with Crippen LogP contribution in [-0.2, 0) is 6.54 Å². The fourth-order valence-corrected chi connectivity index (χ4v) is 3.20. The molecule has 0 atom stereocenters. The molecule has 2 aromatic rings. The molecule has 0 unspecified atom stereocenters. The molecule has 3 nitrogen and oxygen atoms in total. The predicted molar refractivity (Wildman–Crippen MR) is 109 cm³/mol. The summed E-state index contributed by atoms with van der Waals surface area (Å²) in [7, 11) is 0. The highest BCUT2D eigenvalue weighted by molar-refractivity contribution is 5.48. The Morgan fingerprint density at radius 1 is 0.885 bits per heavy atom. The second-order valence-electron chi connectivity index (χ2n) is 6.60. The van der Waals surface area contributed by atoms with Gasteiger partial charge >= 0.3 is 0 Å². The highest BCUT2D eigenvalue weighted by Crippen LogP contribution is 2.20. The van der Waals surface area contributed by atoms with E-state index in [1.165, 1.54) is 11.1 Å². The molecule has 3 heteroatoms. The lowest BCUT2D eigenvalue weighted by Gasteiger charge is -2.34. The minimum absolute atomic E-state index is 0.554. The van der Waals surface area contributed by atoms with E-state index in [0.29, 0.717) is 6.61 Å². The van der Waals surface area contributed by atoms with Crippen LogP contribution in [-0.4, -0.2) is 49.1 Å². The first-order valence-corrected chi connectivity index (χ1v) is 9.33. The van der Waals surface area contributed by atoms with Crippen LogP contribution in [0.2, 0.25) is 0 Å². The number of piperazine rings is 1. The van der Waals surface area contributed by atoms with Crippen molar-refractivity contribution in [3.05, 3.63) is 84.5 Å². The van der Waals surface area contributed by atoms with Gasteiger partial charge in [0.2, 0.25) is 0 Å². The van der Waals surface area contributed by atoms with Gasteiger partial charge in [0.15, 0.2) is 0 Å². The van der Waals surface area contributed by atoms with Gasteiger partial charge < -0.3 is 4.74 Å². The van der Waals surface area contributed by atoms with Crippen molar-refractivity contribution in [2.75, 3.05) is 39.3 Å². The van der Waals surface area contributed by atoms with Crippen LogP contribution in [0.5, 0.6) is 5.75 Å². The second kappa shape index (κ2) is 9.95. The Bertz CT molecular complexity index is 703. The van der Waals surface area contributed by atoms with Crippen LogP contribution in [0.1, 0.15) is 11.1 Å². The zero-order chi connectivity index (χ0) is 18.0. The number of rotatable bonds is 8. The molecule has 1 heterocycles. The molecule has 1 aliphatic heterocycles. The largest absolute Gasteiger partial charge is 0.489 e. The van der Waals surface area contributed by atoms with E-state index < -0.39 is 0 Å². The van der Waals surface area contributed by atoms with Crippen LogP contribution >= 0.6 is 0 Å². The van der Waals surface area contributed by atoms with Gasteiger partial charge in [0.25, 0.3) is 0 Å². The molecule has 1 fully saturated rings. The quantitative estimate of drug-likeness (QED) is 0.669. The Balaban J connectivity index is 1.45. The van der Waals surface area contributed by atoms with Crippen molar-refractivity contribution in [2.45, 2.75) is 6.54 Å². The van der Waals surface area contributed by atoms with E-state index in [4.69, 9.17) is 4.74 Å². The van der Waals surface area contributed by atoms with Crippen molar-refractivity contribution >= 4 is 6.08 Å². The van der Waals surface area contributed by atoms with Crippen molar-refractivity contribution in [2.24, 2.45) is 0 Å². The van der Waals surface area contributed by atoms with Gasteiger partial charge in [-0.25, -0.2) is 0 Å². The van der Waals surface area contributed by atoms with Gasteiger partial charge in [-0.3, -0.25) is 9.80 Å². The maximum absolute atomic E-state index is 5.78. The molecule has 0 bridgehead atoms. The molecule has 2 aromatic carbocycles. The summed E-state index contributed by atoms with van der Waals surface area (Å²) in [6.45, 7) is 10.6. The van der Waals surface area contributed by atoms with Gasteiger partial charge in [0.05, 0.1) is 0 Å². The number of hydrogen-bond acceptors (Lipinski definition) is 3. The maximum atomic E-state index is 5.78. The number of benzene rings is 2. The Kier molecular flexibility index (Phi) is 7.05. The zero-order valence-corrected chi connectivity index (χ0v) is 15.4. The third-order valence-electron chi connectivity index (χ3n) is 4.66. The van der Waals surface area contributed by atoms with Crippen molar-refractivity contribution in [3.63, 3.8) is 0 Å². The van der Waals surface area contributed by atoms with Gasteiger partial charge in [0, 0.05) is 44.8 Å². The van der Waals surface area contributed by atoms with E-state index >= 15 is 0 Å². The predicted octanol–water partition coefficient (Wildman–Crippen LogP) is 4.08. The van der Waals surface area contributed by atoms with Gasteiger partial charge in [-0.2, -0.15) is 0 Å². The molecule has 0 aliphatic carbocycles. The second-order valence-corrected chi connectivity index (χ2v) is 6.60. The van der Waals surface area contributed by atoms with Crippen molar-refractivity contribution in [1.29, 1.82) is 0 Å². The molecule has 0 amide bonds. The molecule has 3 rings (SSSR count). The van der Waals surface area contributed by atoms with E-state index in [2.05, 4.69) is 71.0 Å². The van der Waals surface area contributed by atoms with E-state index in [0.717, 1.165) is 45.0 Å². The van der Waals surface area contributed by atoms with E-state index in [1.807, 2.05) is 12.1 Å². The van der Waals surface area contributed by atoms with E-state index in [1.54, 1.807) is 6.08 Å². The summed E-state index contributed by atoms with van der Waals surface area (Å²) >= 11 is 0. The molecule has 0 radical (unpaired) electrons. The fourth-order valence-electron chi connectivity index (χ4n) is 3.20. The fraction of sp³-hybridized carbons (Fsp3) is 0.304. The minimum Gasteiger partial charge on any atom is -0.489 e. The zero-order valence-electron chi connectivity index (χ0n) is 15.4. The summed E-state index contributed by atoms with van der Waals surface area (Å²) in [4.78, 5) is 5.02. The van der Waals surface area contributed by atoms with Crippen LogP contribution in [0.25, 0.3) is 6.08 Å². The molecular weight excluding hydrogens is 320 g/mol. The highest BCUT2D eigenvalue weighted by Gasteiger charge is 2.17. The third kappa shape index (κ3) is 5.58. The molecule has 136 valence electrons. The first-order chi connectivity index (χ1) is 12.8. The Morgan fingerprint density at radius 3 is 2.35 bits per heavy atom. The Hall–Kier alpha value is -2.36. The Morgan fingerprint density at radius 2 is 1.58 bits per heavy atom. The van der Waals surface area contributed by atoms with E-state index in [9.17, 15) is 0 Å². The molecule has 26 heavy (non-hydrogen) atoms. The molecule has 1 saturated heterocycles. The van der Waals surface area contributed by atoms with Crippen molar-refractivity contribution in [3.8, 4) is 5.75 Å². The third-order valence-corrected chi connectivity index (χ3v) is 4.66. The normalized spacial score (nSPS) is 16.0. The summed E-state index contributed by atoms with van der Waals surface area (Å²) in [5.41, 5.74) is 2.52. The van der Waals surface area contributed by atoms with Crippen LogP contribution in [0.4, 0.5) is 0 Å². The molecule has 0 aromatic heterocycles. The highest BCUT2D eigenvalue weighted by atomic mass is 16.5. The van der Waals surface area contributed by atoms with Gasteiger partial charge in [-0.1, -0.05) is 73.3 Å². The lowest BCUT2D eigenvalue weighted by molar-refractivity contribution is 0.136. The lowest BCUT2D eigenvalue weighted by Crippen LogP contribution is -2.45. The van der Waals surface area contributed by atoms with Crippen molar-refractivity contribution in [1.82, 2.24) is 9.80 Å². The van der Waals surface area contributed by atoms with Crippen molar-refractivity contribution < 1.29 is 4.74 Å². The van der Waals surface area contributed by atoms with Gasteiger partial charge in [-0.15, -0.1) is 0 Å². The van der Waals surface area contributed by atoms with E-state index in [-0.39, 0.29) is 0 Å². The number of nitrogens with zero attached hydrogens (tertiary/aromatic N) is 2. The molecule has 0 N–H and O–H groups in total. The standard InChI is InChI=1S/C23H28N2O/c1-2-19-26-23-13-7-6-12-22(23)20-25-17-15-24(16-18-25)14-8-11-21-9-4-3-5-10-21/h2-13H,1,14-20H2. The number of ether oxygens (including phenoxy) is 1. The first-order valence-electron chi connectivity index (χ1n) is 9.33. The minimum atomic E-state index is 0.554. The van der Waals surface area contributed by atoms with Crippen LogP contribution in [0.15, 0.2) is 73.3 Å². The number of para-hydroxylation sites is 1. The summed E-state index contributed by atoms with van der Waals surface area (Å²) < 4.78 is 5.78. The smallest absolute Gasteiger partial charge is 0.124 e. The summed E-state index contributed by atoms with van der Waals surface area (Å²) in [6, 6.07) is 18.8.